The maximum atomic E-state index is 13.9. The van der Waals surface area contributed by atoms with E-state index in [1.165, 1.54) is 21.9 Å². The average Bonchev–Trinajstić information content (AvgIpc) is 3.08. The zero-order valence-electron chi connectivity index (χ0n) is 14.2. The number of thiazole rings is 1. The van der Waals surface area contributed by atoms with Gasteiger partial charge in [-0.1, -0.05) is 23.5 Å². The maximum absolute atomic E-state index is 13.9. The Balaban J connectivity index is 1.81. The highest BCUT2D eigenvalue weighted by Crippen LogP contribution is 2.40. The number of hydrogen-bond acceptors (Lipinski definition) is 6. The van der Waals surface area contributed by atoms with Gasteiger partial charge in [-0.25, -0.2) is 9.37 Å². The summed E-state index contributed by atoms with van der Waals surface area (Å²) in [5, 5.41) is 15.0. The summed E-state index contributed by atoms with van der Waals surface area (Å²) >= 11 is 1.41. The minimum atomic E-state index is -0.272. The zero-order valence-corrected chi connectivity index (χ0v) is 15.0. The monoisotopic (exact) mass is 361 g/mol. The molecule has 2 aromatic heterocycles. The van der Waals surface area contributed by atoms with E-state index in [4.69, 9.17) is 0 Å². The molecule has 1 aliphatic heterocycles. The summed E-state index contributed by atoms with van der Waals surface area (Å²) in [6.45, 7) is 5.37. The Labute approximate surface area is 149 Å². The number of hydrogen-bond donors (Lipinski definition) is 1. The topological polar surface area (TPSA) is 56.9 Å². The molecule has 25 heavy (non-hydrogen) atoms. The van der Waals surface area contributed by atoms with Gasteiger partial charge in [-0.3, -0.25) is 4.90 Å². The average molecular weight is 361 g/mol. The first-order valence-electron chi connectivity index (χ1n) is 8.26. The molecule has 0 aliphatic carbocycles. The molecule has 0 bridgehead atoms. The highest BCUT2D eigenvalue weighted by atomic mass is 32.1. The Morgan fingerprint density at radius 2 is 2.00 bits per heavy atom. The van der Waals surface area contributed by atoms with E-state index in [9.17, 15) is 9.50 Å². The Morgan fingerprint density at radius 3 is 2.68 bits per heavy atom. The lowest BCUT2D eigenvalue weighted by molar-refractivity contribution is 0.127. The molecule has 0 radical (unpaired) electrons. The van der Waals surface area contributed by atoms with Crippen LogP contribution in [0.3, 0.4) is 0 Å². The third-order valence-electron chi connectivity index (χ3n) is 4.62. The fourth-order valence-electron chi connectivity index (χ4n) is 3.31. The molecule has 1 N–H and O–H groups in total. The molecule has 0 amide bonds. The SMILES string of the molecule is Cc1nc2sc(C(c3cccc(F)c3)N3CCN(C)CC3)c(O)n2n1. The third kappa shape index (κ3) is 3.01. The first-order chi connectivity index (χ1) is 12.0. The van der Waals surface area contributed by atoms with Gasteiger partial charge in [0, 0.05) is 26.2 Å². The number of aryl methyl sites for hydroxylation is 1. The molecule has 1 saturated heterocycles. The molecule has 1 aliphatic rings. The van der Waals surface area contributed by atoms with Crippen LogP contribution in [0.2, 0.25) is 0 Å². The lowest BCUT2D eigenvalue weighted by Gasteiger charge is -2.37. The second kappa shape index (κ2) is 6.36. The van der Waals surface area contributed by atoms with E-state index < -0.39 is 0 Å². The molecule has 6 nitrogen and oxygen atoms in total. The van der Waals surface area contributed by atoms with Crippen LogP contribution >= 0.6 is 11.3 Å². The molecular formula is C17H20FN5OS. The zero-order chi connectivity index (χ0) is 17.6. The molecule has 8 heteroatoms. The van der Waals surface area contributed by atoms with Crippen molar-refractivity contribution in [2.75, 3.05) is 33.2 Å². The van der Waals surface area contributed by atoms with Crippen LogP contribution in [0.4, 0.5) is 4.39 Å². The van der Waals surface area contributed by atoms with Gasteiger partial charge in [0.05, 0.1) is 10.9 Å². The number of likely N-dealkylation sites (N-methyl/N-ethyl adjacent to an activating group) is 1. The minimum absolute atomic E-state index is 0.0915. The van der Waals surface area contributed by atoms with E-state index in [2.05, 4.69) is 26.9 Å². The number of fused-ring (bicyclic) bond motifs is 1. The molecule has 4 rings (SSSR count). The van der Waals surface area contributed by atoms with Crippen molar-refractivity contribution >= 4 is 16.3 Å². The van der Waals surface area contributed by atoms with Gasteiger partial charge >= 0.3 is 0 Å². The molecule has 3 heterocycles. The second-order valence-electron chi connectivity index (χ2n) is 6.44. The van der Waals surface area contributed by atoms with Crippen LogP contribution in [0.15, 0.2) is 24.3 Å². The van der Waals surface area contributed by atoms with Crippen LogP contribution in [0, 0.1) is 12.7 Å². The molecule has 1 fully saturated rings. The summed E-state index contributed by atoms with van der Waals surface area (Å²) in [5.74, 6) is 0.440. The summed E-state index contributed by atoms with van der Waals surface area (Å²) in [7, 11) is 2.10. The number of nitrogens with zero attached hydrogens (tertiary/aromatic N) is 5. The van der Waals surface area contributed by atoms with Crippen molar-refractivity contribution < 1.29 is 9.50 Å². The number of benzene rings is 1. The third-order valence-corrected chi connectivity index (χ3v) is 5.69. The first-order valence-corrected chi connectivity index (χ1v) is 9.07. The second-order valence-corrected chi connectivity index (χ2v) is 7.45. The standard InChI is InChI=1S/C17H20FN5OS/c1-11-19-17-23(20-11)16(24)15(25-17)14(12-4-3-5-13(18)10-12)22-8-6-21(2)7-9-22/h3-5,10,14,24H,6-9H2,1-2H3. The first kappa shape index (κ1) is 16.4. The van der Waals surface area contributed by atoms with Gasteiger partial charge in [-0.15, -0.1) is 5.10 Å². The Bertz CT molecular complexity index is 900. The van der Waals surface area contributed by atoms with Crippen molar-refractivity contribution in [2.24, 2.45) is 0 Å². The maximum Gasteiger partial charge on any atom is 0.230 e. The fourth-order valence-corrected chi connectivity index (χ4v) is 4.47. The predicted molar refractivity (Wildman–Crippen MR) is 94.6 cm³/mol. The van der Waals surface area contributed by atoms with Crippen molar-refractivity contribution in [1.82, 2.24) is 24.4 Å². The van der Waals surface area contributed by atoms with E-state index in [1.807, 2.05) is 6.07 Å². The largest absolute Gasteiger partial charge is 0.492 e. The van der Waals surface area contributed by atoms with Gasteiger partial charge in [0.25, 0.3) is 0 Å². The van der Waals surface area contributed by atoms with Crippen molar-refractivity contribution in [3.63, 3.8) is 0 Å². The number of aromatic nitrogens is 3. The highest BCUT2D eigenvalue weighted by molar-refractivity contribution is 7.17. The van der Waals surface area contributed by atoms with Gasteiger partial charge in [-0.05, 0) is 31.7 Å². The highest BCUT2D eigenvalue weighted by Gasteiger charge is 2.31. The number of aromatic hydroxyl groups is 1. The molecule has 0 spiro atoms. The van der Waals surface area contributed by atoms with Gasteiger partial charge in [0.15, 0.2) is 0 Å². The molecular weight excluding hydrogens is 341 g/mol. The van der Waals surface area contributed by atoms with E-state index >= 15 is 0 Å². The lowest BCUT2D eigenvalue weighted by atomic mass is 10.0. The van der Waals surface area contributed by atoms with Crippen molar-refractivity contribution in [3.05, 3.63) is 46.3 Å². The smallest absolute Gasteiger partial charge is 0.230 e. The molecule has 3 aromatic rings. The molecule has 1 unspecified atom stereocenters. The number of piperazine rings is 1. The van der Waals surface area contributed by atoms with Crippen LogP contribution in [0.25, 0.3) is 4.96 Å². The summed E-state index contributed by atoms with van der Waals surface area (Å²) in [6.07, 6.45) is 0. The Kier molecular flexibility index (Phi) is 4.18. The Morgan fingerprint density at radius 1 is 1.24 bits per heavy atom. The van der Waals surface area contributed by atoms with Crippen LogP contribution in [0.5, 0.6) is 5.88 Å². The molecule has 1 aromatic carbocycles. The van der Waals surface area contributed by atoms with Crippen molar-refractivity contribution in [3.8, 4) is 5.88 Å². The van der Waals surface area contributed by atoms with Crippen molar-refractivity contribution in [2.45, 2.75) is 13.0 Å². The van der Waals surface area contributed by atoms with Gasteiger partial charge in [0.2, 0.25) is 10.8 Å². The van der Waals surface area contributed by atoms with Crippen LogP contribution in [0.1, 0.15) is 22.3 Å². The molecule has 1 atom stereocenters. The van der Waals surface area contributed by atoms with Crippen LogP contribution in [-0.2, 0) is 0 Å². The minimum Gasteiger partial charge on any atom is -0.492 e. The predicted octanol–water partition coefficient (Wildman–Crippen LogP) is 2.28. The molecule has 132 valence electrons. The van der Waals surface area contributed by atoms with E-state index in [0.717, 1.165) is 36.6 Å². The summed E-state index contributed by atoms with van der Waals surface area (Å²) in [4.78, 5) is 10.3. The lowest BCUT2D eigenvalue weighted by Crippen LogP contribution is -2.46. The van der Waals surface area contributed by atoms with Crippen LogP contribution in [-0.4, -0.2) is 62.7 Å². The summed E-state index contributed by atoms with van der Waals surface area (Å²) in [5.41, 5.74) is 0.834. The Hall–Kier alpha value is -2.03. The van der Waals surface area contributed by atoms with E-state index in [1.54, 1.807) is 19.1 Å². The quantitative estimate of drug-likeness (QED) is 0.776. The van der Waals surface area contributed by atoms with Crippen molar-refractivity contribution in [1.29, 1.82) is 0 Å². The van der Waals surface area contributed by atoms with Gasteiger partial charge < -0.3 is 10.0 Å². The number of rotatable bonds is 3. The fraction of sp³-hybridized carbons (Fsp3) is 0.412. The summed E-state index contributed by atoms with van der Waals surface area (Å²) < 4.78 is 15.3. The van der Waals surface area contributed by atoms with Gasteiger partial charge in [-0.2, -0.15) is 4.52 Å². The molecule has 0 saturated carbocycles. The van der Waals surface area contributed by atoms with Crippen LogP contribution < -0.4 is 0 Å². The number of halogens is 1. The van der Waals surface area contributed by atoms with E-state index in [0.29, 0.717) is 10.8 Å². The normalized spacial score (nSPS) is 18.0. The van der Waals surface area contributed by atoms with Gasteiger partial charge in [0.1, 0.15) is 11.6 Å². The van der Waals surface area contributed by atoms with E-state index in [-0.39, 0.29) is 17.7 Å². The summed E-state index contributed by atoms with van der Waals surface area (Å²) in [6, 6.07) is 6.40.